The molecule has 1 spiro atoms. The van der Waals surface area contributed by atoms with Crippen molar-refractivity contribution in [1.82, 2.24) is 16.0 Å². The van der Waals surface area contributed by atoms with Gasteiger partial charge in [-0.2, -0.15) is 0 Å². The van der Waals surface area contributed by atoms with Gasteiger partial charge in [0.05, 0.1) is 24.5 Å². The maximum Gasteiger partial charge on any atom is 0.229 e. The fourth-order valence-corrected chi connectivity index (χ4v) is 3.27. The lowest BCUT2D eigenvalue weighted by Gasteiger charge is -2.41. The predicted octanol–water partition coefficient (Wildman–Crippen LogP) is 0.957. The molecule has 0 aliphatic carbocycles. The minimum absolute atomic E-state index is 0.0419. The number of carbonyl (C=O) groups is 2. The SMILES string of the molecule is C[C@@H]1CNC(=O)C(c2ccccc2)COC/C=C/CC2(CNC2)C(=O)N1. The molecule has 1 aromatic rings. The van der Waals surface area contributed by atoms with E-state index in [0.29, 0.717) is 39.3 Å². The maximum atomic E-state index is 12.7. The molecule has 0 aromatic heterocycles. The number of hydrogen-bond donors (Lipinski definition) is 3. The fourth-order valence-electron chi connectivity index (χ4n) is 3.27. The first-order valence-electron chi connectivity index (χ1n) is 9.18. The van der Waals surface area contributed by atoms with Crippen LogP contribution in [0, 0.1) is 5.41 Å². The first-order chi connectivity index (χ1) is 12.6. The highest BCUT2D eigenvalue weighted by Crippen LogP contribution is 2.28. The van der Waals surface area contributed by atoms with Gasteiger partial charge in [0.2, 0.25) is 11.8 Å². The van der Waals surface area contributed by atoms with E-state index in [4.69, 9.17) is 4.74 Å². The van der Waals surface area contributed by atoms with Crippen molar-refractivity contribution >= 4 is 11.8 Å². The molecule has 6 heteroatoms. The Morgan fingerprint density at radius 3 is 2.58 bits per heavy atom. The second kappa shape index (κ2) is 8.47. The molecule has 2 amide bonds. The number of rotatable bonds is 1. The summed E-state index contributed by atoms with van der Waals surface area (Å²) < 4.78 is 5.73. The molecule has 1 unspecified atom stereocenters. The molecule has 2 atom stereocenters. The zero-order chi connectivity index (χ0) is 18.4. The second-order valence-corrected chi connectivity index (χ2v) is 7.18. The van der Waals surface area contributed by atoms with E-state index >= 15 is 0 Å². The molecule has 0 radical (unpaired) electrons. The molecule has 3 N–H and O–H groups in total. The third-order valence-electron chi connectivity index (χ3n) is 5.06. The van der Waals surface area contributed by atoms with E-state index in [1.807, 2.05) is 49.4 Å². The third kappa shape index (κ3) is 4.31. The minimum Gasteiger partial charge on any atom is -0.376 e. The topological polar surface area (TPSA) is 79.5 Å². The summed E-state index contributed by atoms with van der Waals surface area (Å²) in [4.78, 5) is 25.3. The average molecular weight is 357 g/mol. The van der Waals surface area contributed by atoms with Gasteiger partial charge in [-0.3, -0.25) is 9.59 Å². The molecule has 0 saturated carbocycles. The molecule has 2 aliphatic heterocycles. The van der Waals surface area contributed by atoms with Gasteiger partial charge >= 0.3 is 0 Å². The van der Waals surface area contributed by atoms with Gasteiger partial charge in [0.1, 0.15) is 0 Å². The standard InChI is InChI=1S/C20H27N3O3/c1-15-11-22-18(24)17(16-7-3-2-4-8-16)12-26-10-6-5-9-20(13-21-14-20)19(25)23-15/h2-8,15,17,21H,9-14H2,1H3,(H,22,24)(H,23,25)/b6-5+/t15-,17?/m1/s1. The first kappa shape index (κ1) is 18.6. The molecule has 1 saturated heterocycles. The van der Waals surface area contributed by atoms with Crippen molar-refractivity contribution in [2.75, 3.05) is 32.8 Å². The van der Waals surface area contributed by atoms with E-state index in [9.17, 15) is 9.59 Å². The number of amides is 2. The summed E-state index contributed by atoms with van der Waals surface area (Å²) in [5, 5.41) is 9.18. The Morgan fingerprint density at radius 1 is 1.12 bits per heavy atom. The van der Waals surface area contributed by atoms with E-state index in [1.54, 1.807) is 0 Å². The van der Waals surface area contributed by atoms with Crippen molar-refractivity contribution in [2.45, 2.75) is 25.3 Å². The van der Waals surface area contributed by atoms with Crippen molar-refractivity contribution in [3.8, 4) is 0 Å². The zero-order valence-electron chi connectivity index (χ0n) is 15.2. The summed E-state index contributed by atoms with van der Waals surface area (Å²) in [5.74, 6) is -0.406. The smallest absolute Gasteiger partial charge is 0.229 e. The van der Waals surface area contributed by atoms with Crippen molar-refractivity contribution in [3.05, 3.63) is 48.0 Å². The number of ether oxygens (including phenoxy) is 1. The summed E-state index contributed by atoms with van der Waals surface area (Å²) in [5.41, 5.74) is 0.545. The number of hydrogen-bond acceptors (Lipinski definition) is 4. The molecular formula is C20H27N3O3. The molecule has 140 valence electrons. The van der Waals surface area contributed by atoms with Gasteiger partial charge < -0.3 is 20.7 Å². The third-order valence-corrected chi connectivity index (χ3v) is 5.06. The van der Waals surface area contributed by atoms with Gasteiger partial charge in [-0.25, -0.2) is 0 Å². The molecule has 1 aromatic carbocycles. The van der Waals surface area contributed by atoms with E-state index in [0.717, 1.165) is 5.56 Å². The van der Waals surface area contributed by atoms with Crippen LogP contribution in [0.5, 0.6) is 0 Å². The predicted molar refractivity (Wildman–Crippen MR) is 99.7 cm³/mol. The Balaban J connectivity index is 1.72. The lowest BCUT2D eigenvalue weighted by Crippen LogP contribution is -2.62. The Morgan fingerprint density at radius 2 is 1.88 bits per heavy atom. The lowest BCUT2D eigenvalue weighted by atomic mass is 9.77. The molecule has 2 heterocycles. The van der Waals surface area contributed by atoms with Gasteiger partial charge in [0, 0.05) is 25.7 Å². The van der Waals surface area contributed by atoms with Crippen LogP contribution >= 0.6 is 0 Å². The Kier molecular flexibility index (Phi) is 6.06. The van der Waals surface area contributed by atoms with Crippen molar-refractivity contribution in [2.24, 2.45) is 5.41 Å². The van der Waals surface area contributed by atoms with Gasteiger partial charge in [-0.1, -0.05) is 42.5 Å². The number of nitrogens with one attached hydrogen (secondary N) is 3. The van der Waals surface area contributed by atoms with Crippen LogP contribution in [0.15, 0.2) is 42.5 Å². The molecule has 26 heavy (non-hydrogen) atoms. The highest BCUT2D eigenvalue weighted by molar-refractivity contribution is 5.85. The number of carbonyl (C=O) groups excluding carboxylic acids is 2. The normalized spacial score (nSPS) is 28.3. The zero-order valence-corrected chi connectivity index (χ0v) is 15.2. The minimum atomic E-state index is -0.383. The van der Waals surface area contributed by atoms with E-state index in [2.05, 4.69) is 16.0 Å². The molecule has 2 aliphatic rings. The van der Waals surface area contributed by atoms with Crippen LogP contribution in [0.2, 0.25) is 0 Å². The summed E-state index contributed by atoms with van der Waals surface area (Å²) in [6.45, 7) is 4.42. The summed E-state index contributed by atoms with van der Waals surface area (Å²) >= 11 is 0. The summed E-state index contributed by atoms with van der Waals surface area (Å²) in [7, 11) is 0. The van der Waals surface area contributed by atoms with Gasteiger partial charge in [0.25, 0.3) is 0 Å². The lowest BCUT2D eigenvalue weighted by molar-refractivity contribution is -0.134. The quantitative estimate of drug-likeness (QED) is 0.654. The van der Waals surface area contributed by atoms with Crippen molar-refractivity contribution in [1.29, 1.82) is 0 Å². The summed E-state index contributed by atoms with van der Waals surface area (Å²) in [6, 6.07) is 9.51. The highest BCUT2D eigenvalue weighted by Gasteiger charge is 2.43. The van der Waals surface area contributed by atoms with Crippen LogP contribution in [0.3, 0.4) is 0 Å². The van der Waals surface area contributed by atoms with Crippen molar-refractivity contribution in [3.63, 3.8) is 0 Å². The molecule has 1 fully saturated rings. The maximum absolute atomic E-state index is 12.7. The van der Waals surface area contributed by atoms with Crippen LogP contribution < -0.4 is 16.0 Å². The van der Waals surface area contributed by atoms with Crippen LogP contribution in [0.25, 0.3) is 0 Å². The Bertz CT molecular complexity index is 656. The monoisotopic (exact) mass is 357 g/mol. The first-order valence-corrected chi connectivity index (χ1v) is 9.18. The molecule has 0 bridgehead atoms. The van der Waals surface area contributed by atoms with Crippen LogP contribution in [0.1, 0.15) is 24.8 Å². The van der Waals surface area contributed by atoms with Gasteiger partial charge in [0.15, 0.2) is 0 Å². The Hall–Kier alpha value is -2.18. The van der Waals surface area contributed by atoms with E-state index < -0.39 is 0 Å². The highest BCUT2D eigenvalue weighted by atomic mass is 16.5. The van der Waals surface area contributed by atoms with E-state index in [1.165, 1.54) is 0 Å². The molecule has 6 nitrogen and oxygen atoms in total. The Labute approximate surface area is 154 Å². The van der Waals surface area contributed by atoms with Gasteiger partial charge in [-0.15, -0.1) is 0 Å². The molecular weight excluding hydrogens is 330 g/mol. The van der Waals surface area contributed by atoms with Crippen LogP contribution in [-0.2, 0) is 14.3 Å². The van der Waals surface area contributed by atoms with E-state index in [-0.39, 0.29) is 29.2 Å². The number of benzene rings is 1. The van der Waals surface area contributed by atoms with Crippen LogP contribution in [0.4, 0.5) is 0 Å². The van der Waals surface area contributed by atoms with Crippen molar-refractivity contribution < 1.29 is 14.3 Å². The second-order valence-electron chi connectivity index (χ2n) is 7.18. The number of allylic oxidation sites excluding steroid dienone is 1. The van der Waals surface area contributed by atoms with Crippen LogP contribution in [-0.4, -0.2) is 50.7 Å². The molecule has 3 rings (SSSR count). The van der Waals surface area contributed by atoms with Gasteiger partial charge in [-0.05, 0) is 18.9 Å². The fraction of sp³-hybridized carbons (Fsp3) is 0.500. The largest absolute Gasteiger partial charge is 0.376 e. The summed E-state index contributed by atoms with van der Waals surface area (Å²) in [6.07, 6.45) is 4.63. The average Bonchev–Trinajstić information content (AvgIpc) is 2.61.